The summed E-state index contributed by atoms with van der Waals surface area (Å²) in [6, 6.07) is 63.0. The van der Waals surface area contributed by atoms with E-state index in [1.54, 1.807) is 12.1 Å². The molecule has 0 bridgehead atoms. The molecule has 0 atom stereocenters. The van der Waals surface area contributed by atoms with Gasteiger partial charge < -0.3 is 19.1 Å². The van der Waals surface area contributed by atoms with Gasteiger partial charge in [0.2, 0.25) is 0 Å². The van der Waals surface area contributed by atoms with Crippen LogP contribution >= 0.6 is 0 Å². The number of anilines is 4. The van der Waals surface area contributed by atoms with E-state index in [0.717, 1.165) is 91.0 Å². The molecule has 0 fully saturated rings. The van der Waals surface area contributed by atoms with E-state index in [9.17, 15) is 4.39 Å². The maximum Gasteiger partial charge on any atom is 0.135 e. The Balaban J connectivity index is 0.00000704. The second-order valence-electron chi connectivity index (χ2n) is 23.7. The Kier molecular flexibility index (Phi) is 15.2. The van der Waals surface area contributed by atoms with Crippen LogP contribution in [0.25, 0.3) is 61.0 Å². The topological polar surface area (TPSA) is 33.5 Å². The Labute approximate surface area is 482 Å². The fourth-order valence-corrected chi connectivity index (χ4v) is 11.1. The molecule has 0 saturated carbocycles. The van der Waals surface area contributed by atoms with Crippen molar-refractivity contribution in [2.75, 3.05) is 9.80 Å². The summed E-state index contributed by atoms with van der Waals surface area (Å²) in [5.41, 5.74) is 19.5. The van der Waals surface area contributed by atoms with Crippen LogP contribution < -0.4 is 14.5 Å². The molecule has 0 radical (unpaired) electrons. The van der Waals surface area contributed by atoms with E-state index in [1.807, 2.05) is 24.4 Å². The zero-order valence-corrected chi connectivity index (χ0v) is 49.9. The third kappa shape index (κ3) is 10.6. The largest absolute Gasteiger partial charge is 0.509 e. The van der Waals surface area contributed by atoms with Crippen LogP contribution in [0.3, 0.4) is 0 Å². The number of pyridine rings is 1. The van der Waals surface area contributed by atoms with Crippen LogP contribution in [-0.4, -0.2) is 9.55 Å². The first-order valence-electron chi connectivity index (χ1n) is 27.8. The fraction of sp³-hybridized carbons (Fsp3) is 0.250. The molecule has 0 unspecified atom stereocenters. The van der Waals surface area contributed by atoms with Crippen molar-refractivity contribution < 1.29 is 30.2 Å². The van der Waals surface area contributed by atoms with Crippen LogP contribution in [-0.2, 0) is 44.7 Å². The average Bonchev–Trinajstić information content (AvgIpc) is 4.24. The van der Waals surface area contributed by atoms with E-state index in [-0.39, 0.29) is 37.7 Å². The van der Waals surface area contributed by atoms with Crippen molar-refractivity contribution >= 4 is 44.6 Å². The maximum absolute atomic E-state index is 14.9. The van der Waals surface area contributed by atoms with E-state index in [4.69, 9.17) is 9.72 Å². The molecule has 1 aliphatic heterocycles. The molecule has 10 aromatic rings. The predicted octanol–water partition coefficient (Wildman–Crippen LogP) is 20.1. The van der Waals surface area contributed by atoms with Crippen molar-refractivity contribution in [2.24, 2.45) is 0 Å². The number of ether oxygens (including phenoxy) is 1. The van der Waals surface area contributed by atoms with Gasteiger partial charge in [0, 0.05) is 72.5 Å². The summed E-state index contributed by atoms with van der Waals surface area (Å²) in [5.74, 6) is 2.35. The number of fused-ring (bicyclic) bond motifs is 4. The Morgan fingerprint density at radius 3 is 1.82 bits per heavy atom. The summed E-state index contributed by atoms with van der Waals surface area (Å²) < 4.78 is 24.2. The van der Waals surface area contributed by atoms with Gasteiger partial charge in [0.1, 0.15) is 11.6 Å². The molecule has 8 aromatic carbocycles. The second-order valence-corrected chi connectivity index (χ2v) is 23.7. The molecular weight excluding hydrogens is 1150 g/mol. The molecule has 3 heterocycles. The standard InChI is InChI=1S/C72H70FN4O.Pt/c1-13-47-20-19-21-48(14-2)69(47)53-37-57(42-59(38-53)78-58-30-31-61-60-22-15-16-23-64(60)77(67(61)43-58)68-41-54(32-33-74-68)71(7,8)9)75-44-76(66-25-18-17-24-65(66)75)70-62(49-26-28-56(73)29-27-49)39-55(72(10,11)12)40-63(70)52-35-50(45(3)4)34-51(36-52)46(5)6;/h15-41,44-46H,13-14H2,1-12H3;/q-3;. The van der Waals surface area contributed by atoms with Crippen LogP contribution in [0.1, 0.15) is 128 Å². The SMILES string of the molecule is CCc1cccc(CC)c1-c1cc(Oc2[c-]c3c(cc2)c2ccccc2n3-c2cc(C(C)(C)C)ccn2)[c-]c(N2[CH-]N(c3c(-c4ccc(F)cc4)cc(C(C)(C)C)cc3-c3cc(C(C)C)cc(C(C)C)c3)c3ccccc32)c1.[Pt]. The van der Waals surface area contributed by atoms with E-state index >= 15 is 0 Å². The molecule has 404 valence electrons. The molecular formula is C72H70FN4OPt-3. The summed E-state index contributed by atoms with van der Waals surface area (Å²) in [6.07, 6.45) is 3.65. The van der Waals surface area contributed by atoms with Gasteiger partial charge in [-0.05, 0) is 146 Å². The zero-order valence-electron chi connectivity index (χ0n) is 47.6. The molecule has 7 heteroatoms. The van der Waals surface area contributed by atoms with Crippen LogP contribution in [0.4, 0.5) is 27.1 Å². The summed E-state index contributed by atoms with van der Waals surface area (Å²) in [5, 5.41) is 2.19. The summed E-state index contributed by atoms with van der Waals surface area (Å²) in [6.45, 7) is 29.3. The third-order valence-corrected chi connectivity index (χ3v) is 15.6. The molecule has 0 spiro atoms. The number of aryl methyl sites for hydroxylation is 2. The monoisotopic (exact) mass is 1220 g/mol. The van der Waals surface area contributed by atoms with Crippen molar-refractivity contribution in [1.29, 1.82) is 0 Å². The Morgan fingerprint density at radius 2 is 1.19 bits per heavy atom. The molecule has 0 N–H and O–H groups in total. The van der Waals surface area contributed by atoms with E-state index in [1.165, 1.54) is 38.9 Å². The van der Waals surface area contributed by atoms with Crippen LogP contribution in [0.15, 0.2) is 164 Å². The van der Waals surface area contributed by atoms with Gasteiger partial charge in [0.15, 0.2) is 0 Å². The van der Waals surface area contributed by atoms with Crippen molar-refractivity contribution in [3.8, 4) is 50.7 Å². The van der Waals surface area contributed by atoms with Crippen molar-refractivity contribution in [2.45, 2.75) is 119 Å². The molecule has 11 rings (SSSR count). The number of para-hydroxylation sites is 3. The first-order chi connectivity index (χ1) is 37.4. The quantitative estimate of drug-likeness (QED) is 0.114. The van der Waals surface area contributed by atoms with Crippen LogP contribution in [0.5, 0.6) is 11.5 Å². The van der Waals surface area contributed by atoms with Gasteiger partial charge >= 0.3 is 0 Å². The van der Waals surface area contributed by atoms with Crippen molar-refractivity contribution in [3.63, 3.8) is 0 Å². The normalized spacial score (nSPS) is 12.7. The number of rotatable bonds is 12. The second kappa shape index (κ2) is 21.8. The number of benzene rings is 8. The first kappa shape index (κ1) is 55.1. The Morgan fingerprint density at radius 1 is 0.570 bits per heavy atom. The predicted molar refractivity (Wildman–Crippen MR) is 325 cm³/mol. The number of hydrogen-bond acceptors (Lipinski definition) is 4. The average molecular weight is 1220 g/mol. The third-order valence-electron chi connectivity index (χ3n) is 15.6. The van der Waals surface area contributed by atoms with Gasteiger partial charge in [-0.2, -0.15) is 6.07 Å². The molecule has 1 aliphatic rings. The maximum atomic E-state index is 14.9. The van der Waals surface area contributed by atoms with E-state index in [2.05, 4.69) is 244 Å². The number of aromatic nitrogens is 2. The molecule has 0 amide bonds. The summed E-state index contributed by atoms with van der Waals surface area (Å²) >= 11 is 0. The van der Waals surface area contributed by atoms with E-state index in [0.29, 0.717) is 23.3 Å². The summed E-state index contributed by atoms with van der Waals surface area (Å²) in [4.78, 5) is 9.54. The molecule has 0 saturated heterocycles. The minimum Gasteiger partial charge on any atom is -0.509 e. The van der Waals surface area contributed by atoms with Gasteiger partial charge in [-0.1, -0.05) is 167 Å². The minimum atomic E-state index is -0.268. The Bertz CT molecular complexity index is 3850. The van der Waals surface area contributed by atoms with Crippen LogP contribution in [0, 0.1) is 24.6 Å². The van der Waals surface area contributed by atoms with Crippen molar-refractivity contribution in [3.05, 3.63) is 222 Å². The zero-order chi connectivity index (χ0) is 54.8. The number of halogens is 1. The van der Waals surface area contributed by atoms with Gasteiger partial charge in [-0.15, -0.1) is 53.6 Å². The number of nitrogens with zero attached hydrogens (tertiary/aromatic N) is 4. The Hall–Kier alpha value is -7.27. The summed E-state index contributed by atoms with van der Waals surface area (Å²) in [7, 11) is 0. The van der Waals surface area contributed by atoms with Gasteiger partial charge in [0.05, 0.1) is 0 Å². The van der Waals surface area contributed by atoms with Crippen molar-refractivity contribution in [1.82, 2.24) is 9.55 Å². The molecule has 2 aromatic heterocycles. The minimum absolute atomic E-state index is 0. The fourth-order valence-electron chi connectivity index (χ4n) is 11.1. The molecule has 79 heavy (non-hydrogen) atoms. The molecule has 0 aliphatic carbocycles. The van der Waals surface area contributed by atoms with Gasteiger partial charge in [-0.25, -0.2) is 9.37 Å². The number of hydrogen-bond donors (Lipinski definition) is 0. The van der Waals surface area contributed by atoms with Crippen LogP contribution in [0.2, 0.25) is 0 Å². The smallest absolute Gasteiger partial charge is 0.135 e. The van der Waals surface area contributed by atoms with Gasteiger partial charge in [-0.3, -0.25) is 0 Å². The van der Waals surface area contributed by atoms with E-state index < -0.39 is 0 Å². The first-order valence-corrected chi connectivity index (χ1v) is 27.8. The molecule has 5 nitrogen and oxygen atoms in total. The van der Waals surface area contributed by atoms with Gasteiger partial charge in [0.25, 0.3) is 0 Å².